The van der Waals surface area contributed by atoms with Gasteiger partial charge in [0.25, 0.3) is 0 Å². The van der Waals surface area contributed by atoms with Crippen molar-refractivity contribution in [2.75, 3.05) is 23.3 Å². The minimum atomic E-state index is -0.0580. The Hall–Kier alpha value is -2.48. The highest BCUT2D eigenvalue weighted by molar-refractivity contribution is 7.16. The molecule has 0 radical (unpaired) electrons. The van der Waals surface area contributed by atoms with Crippen molar-refractivity contribution in [1.29, 1.82) is 0 Å². The van der Waals surface area contributed by atoms with E-state index in [1.54, 1.807) is 22.3 Å². The van der Waals surface area contributed by atoms with Gasteiger partial charge in [0.1, 0.15) is 17.0 Å². The maximum Gasteiger partial charge on any atom is 0.229 e. The van der Waals surface area contributed by atoms with Crippen LogP contribution in [0, 0.1) is 5.92 Å². The number of fused-ring (bicyclic) bond motifs is 1. The normalized spacial score (nSPS) is 17.6. The Balaban J connectivity index is 1.51. The molecule has 0 bridgehead atoms. The quantitative estimate of drug-likeness (QED) is 0.764. The smallest absolute Gasteiger partial charge is 0.229 e. The second-order valence-corrected chi connectivity index (χ2v) is 7.52. The Morgan fingerprint density at radius 1 is 1.42 bits per heavy atom. The number of piperidine rings is 1. The minimum absolute atomic E-state index is 0.0580. The molecule has 1 unspecified atom stereocenters. The van der Waals surface area contributed by atoms with Crippen molar-refractivity contribution in [3.05, 3.63) is 29.7 Å². The Bertz CT molecular complexity index is 933. The van der Waals surface area contributed by atoms with Crippen molar-refractivity contribution < 1.29 is 4.79 Å². The molecule has 1 atom stereocenters. The summed E-state index contributed by atoms with van der Waals surface area (Å²) in [5.41, 5.74) is 1.74. The summed E-state index contributed by atoms with van der Waals surface area (Å²) < 4.78 is 1.75. The van der Waals surface area contributed by atoms with E-state index in [4.69, 9.17) is 0 Å². The summed E-state index contributed by atoms with van der Waals surface area (Å²) in [6.45, 7) is 3.63. The zero-order valence-corrected chi connectivity index (χ0v) is 15.8. The van der Waals surface area contributed by atoms with Crippen LogP contribution in [0.3, 0.4) is 0 Å². The van der Waals surface area contributed by atoms with Crippen LogP contribution >= 0.6 is 11.3 Å². The van der Waals surface area contributed by atoms with Gasteiger partial charge in [0.05, 0.1) is 22.7 Å². The molecular weight excluding hydrogens is 348 g/mol. The van der Waals surface area contributed by atoms with Gasteiger partial charge in [-0.2, -0.15) is 5.10 Å². The predicted octanol–water partition coefficient (Wildman–Crippen LogP) is 2.84. The number of aromatic nitrogens is 4. The largest absolute Gasteiger partial charge is 0.355 e. The Morgan fingerprint density at radius 2 is 2.31 bits per heavy atom. The fraction of sp³-hybridized carbons (Fsp3) is 0.444. The van der Waals surface area contributed by atoms with E-state index in [0.717, 1.165) is 53.2 Å². The summed E-state index contributed by atoms with van der Waals surface area (Å²) in [4.78, 5) is 24.8. The van der Waals surface area contributed by atoms with E-state index < -0.39 is 0 Å². The summed E-state index contributed by atoms with van der Waals surface area (Å²) in [6.07, 6.45) is 6.14. The van der Waals surface area contributed by atoms with Crippen LogP contribution < -0.4 is 10.2 Å². The number of aryl methyl sites for hydroxylation is 2. The van der Waals surface area contributed by atoms with Gasteiger partial charge in [-0.3, -0.25) is 9.48 Å². The number of amides is 1. The third kappa shape index (κ3) is 3.16. The first-order chi connectivity index (χ1) is 12.7. The fourth-order valence-electron chi connectivity index (χ4n) is 3.55. The van der Waals surface area contributed by atoms with Crippen molar-refractivity contribution in [1.82, 2.24) is 19.7 Å². The van der Waals surface area contributed by atoms with Crippen LogP contribution in [0.4, 0.5) is 11.5 Å². The first-order valence-corrected chi connectivity index (χ1v) is 9.80. The van der Waals surface area contributed by atoms with Crippen molar-refractivity contribution in [2.24, 2.45) is 13.0 Å². The van der Waals surface area contributed by atoms with Crippen LogP contribution in [-0.2, 0) is 18.3 Å². The lowest BCUT2D eigenvalue weighted by Gasteiger charge is -2.33. The first kappa shape index (κ1) is 17.0. The standard InChI is InChI=1S/C18H22N6OS/c1-3-14-15(10-23(2)22-14)21-17(25)12-5-4-7-24(9-12)16-13-6-8-26-18(13)20-11-19-16/h6,8,10-12H,3-5,7,9H2,1-2H3,(H,21,25). The van der Waals surface area contributed by atoms with Gasteiger partial charge in [0, 0.05) is 26.3 Å². The Labute approximate surface area is 156 Å². The zero-order chi connectivity index (χ0) is 18.1. The number of thiophene rings is 1. The van der Waals surface area contributed by atoms with Gasteiger partial charge in [-0.25, -0.2) is 9.97 Å². The molecule has 0 spiro atoms. The number of carbonyl (C=O) groups excluding carboxylic acids is 1. The lowest BCUT2D eigenvalue weighted by molar-refractivity contribution is -0.120. The van der Waals surface area contributed by atoms with E-state index in [0.29, 0.717) is 6.54 Å². The molecule has 0 aromatic carbocycles. The van der Waals surface area contributed by atoms with Gasteiger partial charge >= 0.3 is 0 Å². The van der Waals surface area contributed by atoms with Crippen molar-refractivity contribution >= 4 is 39.0 Å². The molecule has 1 aliphatic heterocycles. The van der Waals surface area contributed by atoms with E-state index in [-0.39, 0.29) is 11.8 Å². The molecule has 3 aromatic heterocycles. The van der Waals surface area contributed by atoms with Crippen molar-refractivity contribution in [3.63, 3.8) is 0 Å². The maximum absolute atomic E-state index is 12.8. The summed E-state index contributed by atoms with van der Waals surface area (Å²) in [6, 6.07) is 2.06. The van der Waals surface area contributed by atoms with Gasteiger partial charge in [-0.05, 0) is 30.7 Å². The second-order valence-electron chi connectivity index (χ2n) is 6.63. The third-order valence-electron chi connectivity index (χ3n) is 4.83. The van der Waals surface area contributed by atoms with Gasteiger partial charge in [-0.15, -0.1) is 11.3 Å². The first-order valence-electron chi connectivity index (χ1n) is 8.92. The zero-order valence-electron chi connectivity index (χ0n) is 15.0. The van der Waals surface area contributed by atoms with Gasteiger partial charge < -0.3 is 10.2 Å². The summed E-state index contributed by atoms with van der Waals surface area (Å²) in [5, 5.41) is 10.6. The molecule has 26 heavy (non-hydrogen) atoms. The number of hydrogen-bond donors (Lipinski definition) is 1. The topological polar surface area (TPSA) is 75.9 Å². The second kappa shape index (κ2) is 7.03. The number of hydrogen-bond acceptors (Lipinski definition) is 6. The number of anilines is 2. The SMILES string of the molecule is CCc1nn(C)cc1NC(=O)C1CCCN(c2ncnc3sccc23)C1. The maximum atomic E-state index is 12.8. The lowest BCUT2D eigenvalue weighted by atomic mass is 9.97. The van der Waals surface area contributed by atoms with Crippen LogP contribution in [0.2, 0.25) is 0 Å². The average molecular weight is 370 g/mol. The third-order valence-corrected chi connectivity index (χ3v) is 5.65. The number of nitrogens with one attached hydrogen (secondary N) is 1. The molecule has 4 rings (SSSR count). The molecule has 4 heterocycles. The molecule has 1 saturated heterocycles. The fourth-order valence-corrected chi connectivity index (χ4v) is 4.27. The lowest BCUT2D eigenvalue weighted by Crippen LogP contribution is -2.41. The Kier molecular flexibility index (Phi) is 4.58. The van der Waals surface area contributed by atoms with E-state index in [1.165, 1.54) is 0 Å². The number of nitrogens with zero attached hydrogens (tertiary/aromatic N) is 5. The molecule has 136 valence electrons. The molecule has 1 fully saturated rings. The van der Waals surface area contributed by atoms with Crippen LogP contribution in [-0.4, -0.2) is 38.7 Å². The van der Waals surface area contributed by atoms with Gasteiger partial charge in [-0.1, -0.05) is 6.92 Å². The molecule has 1 aliphatic rings. The van der Waals surface area contributed by atoms with E-state index in [1.807, 2.05) is 25.5 Å². The van der Waals surface area contributed by atoms with Crippen LogP contribution in [0.5, 0.6) is 0 Å². The molecule has 3 aromatic rings. The molecule has 7 nitrogen and oxygen atoms in total. The molecular formula is C18H22N6OS. The van der Waals surface area contributed by atoms with E-state index in [2.05, 4.69) is 31.3 Å². The molecule has 0 aliphatic carbocycles. The predicted molar refractivity (Wildman–Crippen MR) is 104 cm³/mol. The summed E-state index contributed by atoms with van der Waals surface area (Å²) >= 11 is 1.61. The highest BCUT2D eigenvalue weighted by Crippen LogP contribution is 2.30. The van der Waals surface area contributed by atoms with E-state index >= 15 is 0 Å². The van der Waals surface area contributed by atoms with Gasteiger partial charge in [0.15, 0.2) is 0 Å². The van der Waals surface area contributed by atoms with Crippen LogP contribution in [0.1, 0.15) is 25.5 Å². The average Bonchev–Trinajstić information content (AvgIpc) is 3.27. The monoisotopic (exact) mass is 370 g/mol. The highest BCUT2D eigenvalue weighted by atomic mass is 32.1. The molecule has 8 heteroatoms. The molecule has 1 N–H and O–H groups in total. The number of rotatable bonds is 4. The van der Waals surface area contributed by atoms with Crippen molar-refractivity contribution in [2.45, 2.75) is 26.2 Å². The molecule has 0 saturated carbocycles. The van der Waals surface area contributed by atoms with E-state index in [9.17, 15) is 4.79 Å². The van der Waals surface area contributed by atoms with Crippen molar-refractivity contribution in [3.8, 4) is 0 Å². The van der Waals surface area contributed by atoms with Crippen LogP contribution in [0.25, 0.3) is 10.2 Å². The van der Waals surface area contributed by atoms with Crippen LogP contribution in [0.15, 0.2) is 24.0 Å². The summed E-state index contributed by atoms with van der Waals surface area (Å²) in [5.74, 6) is 0.940. The molecule has 1 amide bonds. The highest BCUT2D eigenvalue weighted by Gasteiger charge is 2.28. The Morgan fingerprint density at radius 3 is 3.15 bits per heavy atom. The number of carbonyl (C=O) groups is 1. The van der Waals surface area contributed by atoms with Gasteiger partial charge in [0.2, 0.25) is 5.91 Å². The summed E-state index contributed by atoms with van der Waals surface area (Å²) in [7, 11) is 1.87. The minimum Gasteiger partial charge on any atom is -0.355 e.